The molecule has 21 heavy (non-hydrogen) atoms. The molecule has 1 saturated heterocycles. The number of benzene rings is 1. The molecule has 1 heterocycles. The van der Waals surface area contributed by atoms with Gasteiger partial charge in [-0.2, -0.15) is 0 Å². The van der Waals surface area contributed by atoms with Crippen LogP contribution in [0.25, 0.3) is 0 Å². The van der Waals surface area contributed by atoms with E-state index in [0.29, 0.717) is 12.0 Å². The first-order chi connectivity index (χ1) is 9.91. The van der Waals surface area contributed by atoms with Crippen LogP contribution in [0.5, 0.6) is 0 Å². The summed E-state index contributed by atoms with van der Waals surface area (Å²) in [4.78, 5) is 36.7. The largest absolute Gasteiger partial charge is 0.465 e. The molecular formula is C15H18N2O4. The Labute approximate surface area is 123 Å². The van der Waals surface area contributed by atoms with Crippen molar-refractivity contribution in [3.63, 3.8) is 0 Å². The highest BCUT2D eigenvalue weighted by atomic mass is 16.5. The van der Waals surface area contributed by atoms with E-state index in [2.05, 4.69) is 10.1 Å². The Morgan fingerprint density at radius 2 is 1.90 bits per heavy atom. The van der Waals surface area contributed by atoms with Gasteiger partial charge in [-0.15, -0.1) is 0 Å². The SMILES string of the molecule is CCC1(C)NC(=O)N(Cc2ccc(C(=O)OC)cc2)C1=O. The number of methoxy groups -OCH3 is 1. The molecule has 6 nitrogen and oxygen atoms in total. The molecular weight excluding hydrogens is 272 g/mol. The molecule has 0 aliphatic carbocycles. The summed E-state index contributed by atoms with van der Waals surface area (Å²) in [7, 11) is 1.31. The van der Waals surface area contributed by atoms with Gasteiger partial charge >= 0.3 is 12.0 Å². The lowest BCUT2D eigenvalue weighted by molar-refractivity contribution is -0.131. The highest BCUT2D eigenvalue weighted by Gasteiger charge is 2.46. The zero-order valence-corrected chi connectivity index (χ0v) is 12.3. The third-order valence-corrected chi connectivity index (χ3v) is 3.77. The number of urea groups is 1. The second kappa shape index (κ2) is 5.55. The predicted molar refractivity (Wildman–Crippen MR) is 75.6 cm³/mol. The number of hydrogen-bond donors (Lipinski definition) is 1. The summed E-state index contributed by atoms with van der Waals surface area (Å²) >= 11 is 0. The lowest BCUT2D eigenvalue weighted by Gasteiger charge is -2.19. The number of ether oxygens (including phenoxy) is 1. The van der Waals surface area contributed by atoms with Crippen molar-refractivity contribution in [1.82, 2.24) is 10.2 Å². The molecule has 1 aliphatic heterocycles. The number of nitrogens with zero attached hydrogens (tertiary/aromatic N) is 1. The summed E-state index contributed by atoms with van der Waals surface area (Å²) < 4.78 is 4.62. The van der Waals surface area contributed by atoms with Crippen LogP contribution in [0.3, 0.4) is 0 Å². The van der Waals surface area contributed by atoms with Crippen LogP contribution in [0.15, 0.2) is 24.3 Å². The third-order valence-electron chi connectivity index (χ3n) is 3.77. The van der Waals surface area contributed by atoms with Gasteiger partial charge in [0.05, 0.1) is 19.2 Å². The second-order valence-corrected chi connectivity index (χ2v) is 5.20. The molecule has 2 rings (SSSR count). The molecule has 1 fully saturated rings. The molecule has 3 amide bonds. The molecule has 6 heteroatoms. The number of nitrogens with one attached hydrogen (secondary N) is 1. The number of carbonyl (C=O) groups excluding carboxylic acids is 3. The Bertz CT molecular complexity index is 582. The van der Waals surface area contributed by atoms with Crippen LogP contribution >= 0.6 is 0 Å². The van der Waals surface area contributed by atoms with Gasteiger partial charge in [-0.1, -0.05) is 19.1 Å². The number of rotatable bonds is 4. The van der Waals surface area contributed by atoms with Crippen molar-refractivity contribution in [2.45, 2.75) is 32.4 Å². The van der Waals surface area contributed by atoms with Crippen molar-refractivity contribution in [2.75, 3.05) is 7.11 Å². The fourth-order valence-electron chi connectivity index (χ4n) is 2.18. The number of hydrogen-bond acceptors (Lipinski definition) is 4. The van der Waals surface area contributed by atoms with E-state index in [1.807, 2.05) is 6.92 Å². The standard InChI is InChI=1S/C15H18N2O4/c1-4-15(2)13(19)17(14(20)16-15)9-10-5-7-11(8-6-10)12(18)21-3/h5-8H,4,9H2,1-3H3,(H,16,20). The van der Waals surface area contributed by atoms with E-state index in [4.69, 9.17) is 0 Å². The predicted octanol–water partition coefficient (Wildman–Crippen LogP) is 1.69. The number of carbonyl (C=O) groups is 3. The fraction of sp³-hybridized carbons (Fsp3) is 0.400. The van der Waals surface area contributed by atoms with Crippen molar-refractivity contribution < 1.29 is 19.1 Å². The van der Waals surface area contributed by atoms with Gasteiger partial charge < -0.3 is 10.1 Å². The Morgan fingerprint density at radius 3 is 2.38 bits per heavy atom. The Morgan fingerprint density at radius 1 is 1.29 bits per heavy atom. The minimum Gasteiger partial charge on any atom is -0.465 e. The maximum absolute atomic E-state index is 12.3. The van der Waals surface area contributed by atoms with E-state index >= 15 is 0 Å². The Balaban J connectivity index is 2.13. The fourth-order valence-corrected chi connectivity index (χ4v) is 2.18. The van der Waals surface area contributed by atoms with E-state index in [1.165, 1.54) is 12.0 Å². The van der Waals surface area contributed by atoms with Crippen LogP contribution in [-0.2, 0) is 16.1 Å². The Hall–Kier alpha value is -2.37. The molecule has 1 unspecified atom stereocenters. The maximum atomic E-state index is 12.3. The zero-order valence-electron chi connectivity index (χ0n) is 12.3. The van der Waals surface area contributed by atoms with Gasteiger partial charge in [0, 0.05) is 0 Å². The van der Waals surface area contributed by atoms with Crippen molar-refractivity contribution in [2.24, 2.45) is 0 Å². The maximum Gasteiger partial charge on any atom is 0.337 e. The van der Waals surface area contributed by atoms with Crippen LogP contribution in [-0.4, -0.2) is 35.5 Å². The molecule has 1 N–H and O–H groups in total. The highest BCUT2D eigenvalue weighted by molar-refractivity contribution is 6.06. The van der Waals surface area contributed by atoms with Gasteiger partial charge in [0.1, 0.15) is 5.54 Å². The van der Waals surface area contributed by atoms with Gasteiger partial charge in [-0.3, -0.25) is 9.69 Å². The molecule has 0 bridgehead atoms. The average molecular weight is 290 g/mol. The monoisotopic (exact) mass is 290 g/mol. The molecule has 1 aromatic carbocycles. The lowest BCUT2D eigenvalue weighted by Crippen LogP contribution is -2.43. The van der Waals surface area contributed by atoms with Crippen LogP contribution in [0, 0.1) is 0 Å². The molecule has 0 radical (unpaired) electrons. The molecule has 1 aliphatic rings. The first-order valence-corrected chi connectivity index (χ1v) is 6.72. The van der Waals surface area contributed by atoms with E-state index in [0.717, 1.165) is 5.56 Å². The summed E-state index contributed by atoms with van der Waals surface area (Å²) in [5, 5.41) is 2.70. The van der Waals surface area contributed by atoms with Gasteiger partial charge in [0.15, 0.2) is 0 Å². The molecule has 0 saturated carbocycles. The van der Waals surface area contributed by atoms with E-state index in [9.17, 15) is 14.4 Å². The summed E-state index contributed by atoms with van der Waals surface area (Å²) in [6, 6.07) is 6.24. The molecule has 1 atom stereocenters. The minimum absolute atomic E-state index is 0.182. The molecule has 0 spiro atoms. The third kappa shape index (κ3) is 2.74. The Kier molecular flexibility index (Phi) is 3.97. The summed E-state index contributed by atoms with van der Waals surface area (Å²) in [5.41, 5.74) is 0.367. The van der Waals surface area contributed by atoms with Crippen LogP contribution in [0.2, 0.25) is 0 Å². The average Bonchev–Trinajstić information content (AvgIpc) is 2.71. The minimum atomic E-state index is -0.830. The van der Waals surface area contributed by atoms with Gasteiger partial charge in [-0.05, 0) is 31.0 Å². The number of imide groups is 1. The first kappa shape index (κ1) is 15.0. The lowest BCUT2D eigenvalue weighted by atomic mass is 9.99. The molecule has 1 aromatic rings. The van der Waals surface area contributed by atoms with E-state index in [-0.39, 0.29) is 18.5 Å². The van der Waals surface area contributed by atoms with Crippen LogP contribution in [0.4, 0.5) is 4.79 Å². The topological polar surface area (TPSA) is 75.7 Å². The van der Waals surface area contributed by atoms with Crippen molar-refractivity contribution in [1.29, 1.82) is 0 Å². The van der Waals surface area contributed by atoms with Gasteiger partial charge in [0.2, 0.25) is 0 Å². The van der Waals surface area contributed by atoms with Crippen LogP contribution in [0.1, 0.15) is 36.2 Å². The van der Waals surface area contributed by atoms with Crippen molar-refractivity contribution in [3.8, 4) is 0 Å². The van der Waals surface area contributed by atoms with E-state index < -0.39 is 11.5 Å². The molecule has 0 aromatic heterocycles. The molecule has 112 valence electrons. The van der Waals surface area contributed by atoms with Gasteiger partial charge in [-0.25, -0.2) is 9.59 Å². The normalized spacial score (nSPS) is 21.4. The highest BCUT2D eigenvalue weighted by Crippen LogP contribution is 2.22. The summed E-state index contributed by atoms with van der Waals surface area (Å²) in [6.07, 6.45) is 0.537. The smallest absolute Gasteiger partial charge is 0.337 e. The number of amides is 3. The van der Waals surface area contributed by atoms with Gasteiger partial charge in [0.25, 0.3) is 5.91 Å². The van der Waals surface area contributed by atoms with Crippen molar-refractivity contribution in [3.05, 3.63) is 35.4 Å². The first-order valence-electron chi connectivity index (χ1n) is 6.72. The number of esters is 1. The zero-order chi connectivity index (χ0) is 15.6. The summed E-state index contributed by atoms with van der Waals surface area (Å²) in [5.74, 6) is -0.651. The second-order valence-electron chi connectivity index (χ2n) is 5.20. The van der Waals surface area contributed by atoms with E-state index in [1.54, 1.807) is 31.2 Å². The van der Waals surface area contributed by atoms with Crippen LogP contribution < -0.4 is 5.32 Å². The quantitative estimate of drug-likeness (QED) is 0.676. The summed E-state index contributed by atoms with van der Waals surface area (Å²) in [6.45, 7) is 3.75. The van der Waals surface area contributed by atoms with Crippen molar-refractivity contribution >= 4 is 17.9 Å².